The molecule has 0 aliphatic carbocycles. The molecule has 8 heteroatoms. The molecule has 20 heavy (non-hydrogen) atoms. The van der Waals surface area contributed by atoms with Crippen LogP contribution in [0.2, 0.25) is 0 Å². The van der Waals surface area contributed by atoms with Crippen molar-refractivity contribution in [2.45, 2.75) is 50.9 Å². The van der Waals surface area contributed by atoms with Gasteiger partial charge in [-0.3, -0.25) is 19.9 Å². The van der Waals surface area contributed by atoms with Crippen molar-refractivity contribution in [1.82, 2.24) is 15.6 Å². The Morgan fingerprint density at radius 3 is 2.80 bits per heavy atom. The molecule has 2 aliphatic rings. The summed E-state index contributed by atoms with van der Waals surface area (Å²) in [5.41, 5.74) is 1.19. The maximum Gasteiger partial charge on any atom is 0.325 e. The molecule has 2 rings (SSSR count). The van der Waals surface area contributed by atoms with Crippen molar-refractivity contribution in [1.29, 1.82) is 0 Å². The Balaban J connectivity index is 1.97. The van der Waals surface area contributed by atoms with Gasteiger partial charge in [-0.2, -0.15) is 0 Å². The van der Waals surface area contributed by atoms with Crippen LogP contribution < -0.4 is 16.6 Å². The topological polar surface area (TPSA) is 114 Å². The normalized spacial score (nSPS) is 33.5. The van der Waals surface area contributed by atoms with Crippen molar-refractivity contribution < 1.29 is 19.1 Å². The van der Waals surface area contributed by atoms with Crippen LogP contribution >= 0.6 is 0 Å². The summed E-state index contributed by atoms with van der Waals surface area (Å²) >= 11 is 0. The third-order valence-corrected chi connectivity index (χ3v) is 3.98. The predicted octanol–water partition coefficient (Wildman–Crippen LogP) is -0.756. The van der Waals surface area contributed by atoms with Gasteiger partial charge in [0.05, 0.1) is 12.6 Å². The molecule has 2 fully saturated rings. The van der Waals surface area contributed by atoms with Crippen LogP contribution in [-0.4, -0.2) is 47.0 Å². The maximum absolute atomic E-state index is 12.2. The molecule has 0 aromatic carbocycles. The zero-order valence-corrected chi connectivity index (χ0v) is 11.6. The van der Waals surface area contributed by atoms with Gasteiger partial charge in [0, 0.05) is 0 Å². The van der Waals surface area contributed by atoms with Crippen molar-refractivity contribution >= 4 is 17.8 Å². The van der Waals surface area contributed by atoms with Gasteiger partial charge in [0.1, 0.15) is 11.6 Å². The molecule has 0 aromatic rings. The van der Waals surface area contributed by atoms with Gasteiger partial charge in [0.2, 0.25) is 0 Å². The smallest absolute Gasteiger partial charge is 0.325 e. The van der Waals surface area contributed by atoms with E-state index in [1.807, 2.05) is 12.3 Å². The molecule has 0 saturated carbocycles. The summed E-state index contributed by atoms with van der Waals surface area (Å²) in [5, 5.41) is 2.68. The first-order valence-electron chi connectivity index (χ1n) is 6.71. The Hall–Kier alpha value is -1.67. The van der Waals surface area contributed by atoms with Gasteiger partial charge in [-0.15, -0.1) is 0 Å². The fourth-order valence-corrected chi connectivity index (χ4v) is 2.48. The number of carbonyl (C=O) groups is 3. The van der Waals surface area contributed by atoms with E-state index in [1.165, 1.54) is 0 Å². The molecule has 3 atom stereocenters. The number of ether oxygens (including phenoxy) is 1. The number of hydrazine groups is 1. The molecule has 112 valence electrons. The van der Waals surface area contributed by atoms with Crippen molar-refractivity contribution in [3.8, 4) is 0 Å². The second-order valence-electron chi connectivity index (χ2n) is 5.36. The SMILES string of the molecule is CCC1(C)NC(=O)N(CC2CCC(C(=O)NN)O2)C1=O. The lowest BCUT2D eigenvalue weighted by molar-refractivity contribution is -0.134. The summed E-state index contributed by atoms with van der Waals surface area (Å²) in [7, 11) is 0. The Kier molecular flexibility index (Phi) is 3.96. The molecule has 4 amide bonds. The molecular weight excluding hydrogens is 264 g/mol. The van der Waals surface area contributed by atoms with E-state index in [0.717, 1.165) is 4.90 Å². The zero-order valence-electron chi connectivity index (χ0n) is 11.6. The molecular formula is C12H20N4O4. The second kappa shape index (κ2) is 5.37. The summed E-state index contributed by atoms with van der Waals surface area (Å²) in [5.74, 6) is 4.41. The summed E-state index contributed by atoms with van der Waals surface area (Å²) in [6, 6.07) is -0.408. The molecule has 2 aliphatic heterocycles. The number of rotatable bonds is 4. The van der Waals surface area contributed by atoms with Crippen LogP contribution in [0.1, 0.15) is 33.1 Å². The summed E-state index contributed by atoms with van der Waals surface area (Å²) in [4.78, 5) is 36.6. The lowest BCUT2D eigenvalue weighted by atomic mass is 9.99. The monoisotopic (exact) mass is 284 g/mol. The van der Waals surface area contributed by atoms with E-state index in [2.05, 4.69) is 5.32 Å². The van der Waals surface area contributed by atoms with Crippen molar-refractivity contribution in [3.05, 3.63) is 0 Å². The Labute approximate surface area is 117 Å². The molecule has 2 heterocycles. The minimum absolute atomic E-state index is 0.161. The number of hydrogen-bond acceptors (Lipinski definition) is 5. The first-order valence-corrected chi connectivity index (χ1v) is 6.71. The number of urea groups is 1. The Morgan fingerprint density at radius 1 is 1.55 bits per heavy atom. The first kappa shape index (κ1) is 14.7. The van der Waals surface area contributed by atoms with Crippen LogP contribution in [0.15, 0.2) is 0 Å². The highest BCUT2D eigenvalue weighted by molar-refractivity contribution is 6.06. The number of imide groups is 1. The van der Waals surface area contributed by atoms with Crippen LogP contribution in [-0.2, 0) is 14.3 Å². The zero-order chi connectivity index (χ0) is 14.9. The summed E-state index contributed by atoms with van der Waals surface area (Å²) in [6.07, 6.45) is 0.729. The van der Waals surface area contributed by atoms with Crippen LogP contribution in [0.25, 0.3) is 0 Å². The minimum Gasteiger partial charge on any atom is -0.363 e. The third-order valence-electron chi connectivity index (χ3n) is 3.98. The van der Waals surface area contributed by atoms with Crippen LogP contribution in [0.4, 0.5) is 4.79 Å². The Bertz CT molecular complexity index is 441. The van der Waals surface area contributed by atoms with Gasteiger partial charge in [-0.05, 0) is 26.2 Å². The first-order chi connectivity index (χ1) is 9.41. The van der Waals surface area contributed by atoms with E-state index in [4.69, 9.17) is 10.6 Å². The van der Waals surface area contributed by atoms with Crippen LogP contribution in [0.5, 0.6) is 0 Å². The molecule has 0 bridgehead atoms. The predicted molar refractivity (Wildman–Crippen MR) is 69.2 cm³/mol. The van der Waals surface area contributed by atoms with Gasteiger partial charge >= 0.3 is 6.03 Å². The number of nitrogens with two attached hydrogens (primary N) is 1. The fourth-order valence-electron chi connectivity index (χ4n) is 2.48. The summed E-state index contributed by atoms with van der Waals surface area (Å²) < 4.78 is 5.51. The van der Waals surface area contributed by atoms with Gasteiger partial charge in [-0.1, -0.05) is 6.92 Å². The highest BCUT2D eigenvalue weighted by atomic mass is 16.5. The number of nitrogens with one attached hydrogen (secondary N) is 2. The van der Waals surface area contributed by atoms with Gasteiger partial charge in [0.15, 0.2) is 0 Å². The fraction of sp³-hybridized carbons (Fsp3) is 0.750. The standard InChI is InChI=1S/C12H20N4O4/c1-3-12(2)10(18)16(11(19)14-12)6-7-4-5-8(20-7)9(17)15-13/h7-8H,3-6,13H2,1-2H3,(H,14,19)(H,15,17). The van der Waals surface area contributed by atoms with Gasteiger partial charge in [0.25, 0.3) is 11.8 Å². The van der Waals surface area contributed by atoms with E-state index in [0.29, 0.717) is 19.3 Å². The van der Waals surface area contributed by atoms with E-state index in [9.17, 15) is 14.4 Å². The number of hydrogen-bond donors (Lipinski definition) is 3. The molecule has 0 spiro atoms. The summed E-state index contributed by atoms with van der Waals surface area (Å²) in [6.45, 7) is 3.71. The molecule has 8 nitrogen and oxygen atoms in total. The van der Waals surface area contributed by atoms with E-state index in [-0.39, 0.29) is 24.5 Å². The molecule has 0 aromatic heterocycles. The maximum atomic E-state index is 12.2. The van der Waals surface area contributed by atoms with Gasteiger partial charge in [-0.25, -0.2) is 10.6 Å². The molecule has 3 unspecified atom stereocenters. The highest BCUT2D eigenvalue weighted by Crippen LogP contribution is 2.25. The Morgan fingerprint density at radius 2 is 2.25 bits per heavy atom. The number of nitrogens with zero attached hydrogens (tertiary/aromatic N) is 1. The molecule has 4 N–H and O–H groups in total. The van der Waals surface area contributed by atoms with Crippen molar-refractivity contribution in [3.63, 3.8) is 0 Å². The number of carbonyl (C=O) groups excluding carboxylic acids is 3. The van der Waals surface area contributed by atoms with E-state index >= 15 is 0 Å². The quantitative estimate of drug-likeness (QED) is 0.272. The highest BCUT2D eigenvalue weighted by Gasteiger charge is 2.47. The molecule has 2 saturated heterocycles. The average Bonchev–Trinajstić information content (AvgIpc) is 2.98. The van der Waals surface area contributed by atoms with Gasteiger partial charge < -0.3 is 10.1 Å². The third kappa shape index (κ3) is 2.48. The van der Waals surface area contributed by atoms with Crippen molar-refractivity contribution in [2.75, 3.05) is 6.54 Å². The minimum atomic E-state index is -0.844. The number of amides is 4. The lowest BCUT2D eigenvalue weighted by Gasteiger charge is -2.21. The van der Waals surface area contributed by atoms with E-state index in [1.54, 1.807) is 6.92 Å². The largest absolute Gasteiger partial charge is 0.363 e. The van der Waals surface area contributed by atoms with Crippen LogP contribution in [0, 0.1) is 0 Å². The lowest BCUT2D eigenvalue weighted by Crippen LogP contribution is -2.44. The van der Waals surface area contributed by atoms with Crippen LogP contribution in [0.3, 0.4) is 0 Å². The molecule has 0 radical (unpaired) electrons. The average molecular weight is 284 g/mol. The van der Waals surface area contributed by atoms with E-state index < -0.39 is 17.7 Å². The van der Waals surface area contributed by atoms with Crippen molar-refractivity contribution in [2.24, 2.45) is 5.84 Å². The second-order valence-corrected chi connectivity index (χ2v) is 5.36.